The van der Waals surface area contributed by atoms with Crippen molar-refractivity contribution in [2.75, 3.05) is 0 Å². The molecule has 4 nitrogen and oxygen atoms in total. The number of nitrogens with zero attached hydrogens (tertiary/aromatic N) is 1. The van der Waals surface area contributed by atoms with Gasteiger partial charge in [0.25, 0.3) is 5.76 Å². The van der Waals surface area contributed by atoms with Crippen LogP contribution in [0.2, 0.25) is 0 Å². The topological polar surface area (TPSA) is 51.8 Å². The van der Waals surface area contributed by atoms with E-state index in [1.54, 1.807) is 12.1 Å². The van der Waals surface area contributed by atoms with Crippen molar-refractivity contribution in [3.63, 3.8) is 0 Å². The number of cyclic esters (lactones) is 1. The Kier molecular flexibility index (Phi) is 4.75. The maximum absolute atomic E-state index is 13.2. The van der Waals surface area contributed by atoms with Crippen LogP contribution in [0.3, 0.4) is 0 Å². The van der Waals surface area contributed by atoms with Crippen LogP contribution in [-0.4, -0.2) is 17.6 Å². The minimum absolute atomic E-state index is 0.00853. The van der Waals surface area contributed by atoms with Gasteiger partial charge in [-0.3, -0.25) is 0 Å². The Morgan fingerprint density at radius 1 is 1.25 bits per heavy atom. The van der Waals surface area contributed by atoms with E-state index in [2.05, 4.69) is 4.99 Å². The molecular formula is C16H10F3NO3S. The standard InChI is InChI=1S/C16H10F3NO3S/c17-10-3-1-2-9(6-10)14-20-13(15(21)23-14)7-11-4-5-12(22-11)8-24-16(18)19/h1-7,16H,8H2/b13-7-. The Morgan fingerprint density at radius 3 is 2.83 bits per heavy atom. The monoisotopic (exact) mass is 353 g/mol. The number of esters is 1. The van der Waals surface area contributed by atoms with E-state index >= 15 is 0 Å². The van der Waals surface area contributed by atoms with Crippen LogP contribution in [0.4, 0.5) is 13.2 Å². The summed E-state index contributed by atoms with van der Waals surface area (Å²) in [5.41, 5.74) is 0.317. The van der Waals surface area contributed by atoms with Crippen LogP contribution in [0.5, 0.6) is 0 Å². The highest BCUT2D eigenvalue weighted by Gasteiger charge is 2.24. The Balaban J connectivity index is 1.79. The van der Waals surface area contributed by atoms with Crippen LogP contribution in [0.15, 0.2) is 51.5 Å². The number of furan rings is 1. The van der Waals surface area contributed by atoms with Crippen molar-refractivity contribution in [3.8, 4) is 0 Å². The fourth-order valence-electron chi connectivity index (χ4n) is 1.98. The summed E-state index contributed by atoms with van der Waals surface area (Å²) in [6, 6.07) is 8.57. The Bertz CT molecular complexity index is 829. The molecule has 0 aliphatic carbocycles. The molecule has 2 aromatic rings. The Labute approximate surface area is 139 Å². The SMILES string of the molecule is O=C1OC(c2cccc(F)c2)=N/C1=C\c1ccc(CSC(F)F)o1. The van der Waals surface area contributed by atoms with E-state index in [-0.39, 0.29) is 23.1 Å². The molecule has 3 rings (SSSR count). The number of ether oxygens (including phenoxy) is 1. The van der Waals surface area contributed by atoms with Gasteiger partial charge in [0.05, 0.1) is 5.75 Å². The lowest BCUT2D eigenvalue weighted by Crippen LogP contribution is -2.05. The minimum Gasteiger partial charge on any atom is -0.461 e. The molecule has 0 spiro atoms. The maximum atomic E-state index is 13.2. The van der Waals surface area contributed by atoms with E-state index in [0.29, 0.717) is 23.1 Å². The van der Waals surface area contributed by atoms with E-state index in [9.17, 15) is 18.0 Å². The lowest BCUT2D eigenvalue weighted by atomic mass is 10.2. The van der Waals surface area contributed by atoms with E-state index in [1.807, 2.05) is 0 Å². The number of thioether (sulfide) groups is 1. The average Bonchev–Trinajstić information content (AvgIpc) is 3.13. The number of carbonyl (C=O) groups is 1. The highest BCUT2D eigenvalue weighted by molar-refractivity contribution is 7.98. The first-order valence-electron chi connectivity index (χ1n) is 6.78. The normalized spacial score (nSPS) is 15.9. The average molecular weight is 353 g/mol. The van der Waals surface area contributed by atoms with Gasteiger partial charge < -0.3 is 9.15 Å². The van der Waals surface area contributed by atoms with Gasteiger partial charge in [0.1, 0.15) is 17.3 Å². The summed E-state index contributed by atoms with van der Waals surface area (Å²) < 4.78 is 47.8. The second kappa shape index (κ2) is 6.96. The quantitative estimate of drug-likeness (QED) is 0.597. The molecule has 0 unspecified atom stereocenters. The van der Waals surface area contributed by atoms with Crippen LogP contribution < -0.4 is 0 Å². The fourth-order valence-corrected chi connectivity index (χ4v) is 2.43. The second-order valence-corrected chi connectivity index (χ2v) is 5.70. The number of halogens is 3. The maximum Gasteiger partial charge on any atom is 0.363 e. The van der Waals surface area contributed by atoms with Gasteiger partial charge in [-0.2, -0.15) is 8.78 Å². The third-order valence-electron chi connectivity index (χ3n) is 3.01. The zero-order chi connectivity index (χ0) is 17.1. The molecule has 0 bridgehead atoms. The van der Waals surface area contributed by atoms with Crippen molar-refractivity contribution >= 4 is 29.7 Å². The molecule has 0 amide bonds. The molecule has 2 heterocycles. The molecule has 1 aromatic carbocycles. The lowest BCUT2D eigenvalue weighted by molar-refractivity contribution is -0.129. The summed E-state index contributed by atoms with van der Waals surface area (Å²) in [4.78, 5) is 15.8. The molecule has 0 saturated heterocycles. The third-order valence-corrected chi connectivity index (χ3v) is 3.71. The number of aliphatic imine (C=N–C) groups is 1. The highest BCUT2D eigenvalue weighted by Crippen LogP contribution is 2.24. The van der Waals surface area contributed by atoms with E-state index < -0.39 is 17.5 Å². The van der Waals surface area contributed by atoms with E-state index in [0.717, 1.165) is 0 Å². The highest BCUT2D eigenvalue weighted by atomic mass is 32.2. The van der Waals surface area contributed by atoms with Crippen LogP contribution in [0.1, 0.15) is 17.1 Å². The summed E-state index contributed by atoms with van der Waals surface area (Å²) in [5, 5.41) is 0. The number of hydrogen-bond acceptors (Lipinski definition) is 5. The molecule has 0 radical (unpaired) electrons. The molecular weight excluding hydrogens is 343 g/mol. The lowest BCUT2D eigenvalue weighted by Gasteiger charge is -1.98. The number of hydrogen-bond donors (Lipinski definition) is 0. The Hall–Kier alpha value is -2.48. The van der Waals surface area contributed by atoms with Gasteiger partial charge in [-0.25, -0.2) is 14.2 Å². The van der Waals surface area contributed by atoms with Crippen molar-refractivity contribution in [2.24, 2.45) is 4.99 Å². The number of carbonyl (C=O) groups excluding carboxylic acids is 1. The first-order chi connectivity index (χ1) is 11.5. The molecule has 1 aliphatic rings. The number of rotatable bonds is 5. The zero-order valence-corrected chi connectivity index (χ0v) is 12.9. The van der Waals surface area contributed by atoms with Crippen LogP contribution in [0.25, 0.3) is 6.08 Å². The zero-order valence-electron chi connectivity index (χ0n) is 12.0. The molecule has 1 aromatic heterocycles. The fraction of sp³-hybridized carbons (Fsp3) is 0.125. The first kappa shape index (κ1) is 16.4. The van der Waals surface area contributed by atoms with Crippen LogP contribution in [-0.2, 0) is 15.3 Å². The summed E-state index contributed by atoms with van der Waals surface area (Å²) in [6.45, 7) is 0. The van der Waals surface area contributed by atoms with Gasteiger partial charge in [0.15, 0.2) is 5.70 Å². The van der Waals surface area contributed by atoms with Gasteiger partial charge in [-0.05, 0) is 30.3 Å². The molecule has 8 heteroatoms. The second-order valence-electron chi connectivity index (χ2n) is 4.72. The van der Waals surface area contributed by atoms with Crippen molar-refractivity contribution in [1.29, 1.82) is 0 Å². The van der Waals surface area contributed by atoms with E-state index in [4.69, 9.17) is 9.15 Å². The molecule has 0 N–H and O–H groups in total. The minimum atomic E-state index is -2.49. The molecule has 24 heavy (non-hydrogen) atoms. The largest absolute Gasteiger partial charge is 0.461 e. The molecule has 0 atom stereocenters. The summed E-state index contributed by atoms with van der Waals surface area (Å²) in [5.74, 6) is -3.01. The molecule has 1 aliphatic heterocycles. The number of benzene rings is 1. The number of alkyl halides is 2. The summed E-state index contributed by atoms with van der Waals surface area (Å²) in [6.07, 6.45) is 1.34. The van der Waals surface area contributed by atoms with Gasteiger partial charge >= 0.3 is 5.97 Å². The van der Waals surface area contributed by atoms with Crippen molar-refractivity contribution in [1.82, 2.24) is 0 Å². The van der Waals surface area contributed by atoms with Gasteiger partial charge in [-0.1, -0.05) is 17.8 Å². The third kappa shape index (κ3) is 3.88. The molecule has 0 fully saturated rings. The van der Waals surface area contributed by atoms with E-state index in [1.165, 1.54) is 30.3 Å². The Morgan fingerprint density at radius 2 is 2.08 bits per heavy atom. The first-order valence-corrected chi connectivity index (χ1v) is 7.83. The van der Waals surface area contributed by atoms with Crippen molar-refractivity contribution in [3.05, 3.63) is 65.0 Å². The van der Waals surface area contributed by atoms with Gasteiger partial charge in [0.2, 0.25) is 5.90 Å². The van der Waals surface area contributed by atoms with Gasteiger partial charge in [-0.15, -0.1) is 0 Å². The molecule has 0 saturated carbocycles. The van der Waals surface area contributed by atoms with Crippen LogP contribution >= 0.6 is 11.8 Å². The smallest absolute Gasteiger partial charge is 0.363 e. The summed E-state index contributed by atoms with van der Waals surface area (Å²) in [7, 11) is 0. The van der Waals surface area contributed by atoms with Crippen molar-refractivity contribution in [2.45, 2.75) is 11.5 Å². The van der Waals surface area contributed by atoms with Gasteiger partial charge in [0, 0.05) is 11.6 Å². The van der Waals surface area contributed by atoms with Crippen LogP contribution in [0, 0.1) is 5.82 Å². The summed E-state index contributed by atoms with van der Waals surface area (Å²) >= 11 is 0.438. The predicted octanol–water partition coefficient (Wildman–Crippen LogP) is 4.22. The predicted molar refractivity (Wildman–Crippen MR) is 83.0 cm³/mol. The molecule has 124 valence electrons. The van der Waals surface area contributed by atoms with Crippen molar-refractivity contribution < 1.29 is 27.1 Å².